The highest BCUT2D eigenvalue weighted by Gasteiger charge is 2.22. The minimum atomic E-state index is -0.317. The number of hydrogen-bond donors (Lipinski definition) is 4. The number of nitrogens with zero attached hydrogens (tertiary/aromatic N) is 1. The van der Waals surface area contributed by atoms with Crippen LogP contribution in [-0.2, 0) is 6.54 Å². The van der Waals surface area contributed by atoms with Crippen molar-refractivity contribution in [3.63, 3.8) is 0 Å². The second-order valence-corrected chi connectivity index (χ2v) is 6.23. The van der Waals surface area contributed by atoms with E-state index in [1.54, 1.807) is 0 Å². The Kier molecular flexibility index (Phi) is 5.64. The molecule has 2 aromatic rings. The van der Waals surface area contributed by atoms with Gasteiger partial charge in [0.05, 0.1) is 0 Å². The second kappa shape index (κ2) is 8.30. The van der Waals surface area contributed by atoms with E-state index in [2.05, 4.69) is 34.9 Å². The number of carbonyl (C=O) groups is 1. The molecule has 2 amide bonds. The first-order valence-corrected chi connectivity index (χ1v) is 8.58. The fraction of sp³-hybridized carbons (Fsp3) is 0.263. The molecule has 0 spiro atoms. The van der Waals surface area contributed by atoms with Gasteiger partial charge in [-0.15, -0.1) is 0 Å². The van der Waals surface area contributed by atoms with E-state index in [0.29, 0.717) is 5.96 Å². The van der Waals surface area contributed by atoms with Crippen molar-refractivity contribution in [1.82, 2.24) is 5.32 Å². The lowest BCUT2D eigenvalue weighted by Crippen LogP contribution is -3.13. The van der Waals surface area contributed by atoms with E-state index in [9.17, 15) is 4.79 Å². The van der Waals surface area contributed by atoms with E-state index in [0.717, 1.165) is 38.4 Å². The van der Waals surface area contributed by atoms with Crippen LogP contribution >= 0.6 is 0 Å². The number of guanidine groups is 1. The van der Waals surface area contributed by atoms with Crippen LogP contribution in [-0.4, -0.2) is 42.7 Å². The predicted octanol–water partition coefficient (Wildman–Crippen LogP) is 0.234. The van der Waals surface area contributed by atoms with Crippen molar-refractivity contribution in [3.8, 4) is 0 Å². The van der Waals surface area contributed by atoms with Crippen LogP contribution in [0.4, 0.5) is 10.5 Å². The first-order valence-electron chi connectivity index (χ1n) is 8.58. The Labute approximate surface area is 148 Å². The quantitative estimate of drug-likeness (QED) is 0.478. The number of quaternary nitrogens is 1. The third-order valence-electron chi connectivity index (χ3n) is 4.38. The summed E-state index contributed by atoms with van der Waals surface area (Å²) in [6.45, 7) is 4.69. The third kappa shape index (κ3) is 5.06. The molecule has 1 aliphatic rings. The number of rotatable bonds is 3. The Balaban J connectivity index is 1.49. The average molecular weight is 339 g/mol. The normalized spacial score (nSPS) is 17.0. The largest absolute Gasteiger partial charge is 0.384 e. The summed E-state index contributed by atoms with van der Waals surface area (Å²) in [5.74, 6) is 0.409. The summed E-state index contributed by atoms with van der Waals surface area (Å²) in [4.78, 5) is 13.5. The van der Waals surface area contributed by atoms with Crippen molar-refractivity contribution in [1.29, 1.82) is 0 Å². The fourth-order valence-corrected chi connectivity index (χ4v) is 3.00. The summed E-state index contributed by atoms with van der Waals surface area (Å²) in [5, 5.41) is 5.49. The number of para-hydroxylation sites is 1. The Morgan fingerprint density at radius 1 is 1.00 bits per heavy atom. The van der Waals surface area contributed by atoms with Crippen molar-refractivity contribution in [3.05, 3.63) is 66.2 Å². The van der Waals surface area contributed by atoms with Crippen molar-refractivity contribution in [2.45, 2.75) is 6.54 Å². The van der Waals surface area contributed by atoms with Gasteiger partial charge in [0.25, 0.3) is 0 Å². The molecule has 0 atom stereocenters. The molecule has 0 saturated carbocycles. The maximum Gasteiger partial charge on any atom is 0.384 e. The van der Waals surface area contributed by atoms with Gasteiger partial charge >= 0.3 is 12.0 Å². The third-order valence-corrected chi connectivity index (χ3v) is 4.38. The van der Waals surface area contributed by atoms with E-state index in [4.69, 9.17) is 5.73 Å². The van der Waals surface area contributed by atoms with E-state index in [1.807, 2.05) is 41.0 Å². The monoisotopic (exact) mass is 339 g/mol. The average Bonchev–Trinajstić information content (AvgIpc) is 2.64. The fourth-order valence-electron chi connectivity index (χ4n) is 3.00. The lowest BCUT2D eigenvalue weighted by Gasteiger charge is -2.25. The Hall–Kier alpha value is -2.86. The van der Waals surface area contributed by atoms with Crippen LogP contribution in [0.1, 0.15) is 5.56 Å². The maximum atomic E-state index is 12.0. The van der Waals surface area contributed by atoms with Crippen molar-refractivity contribution in [2.75, 3.05) is 31.5 Å². The molecule has 1 heterocycles. The van der Waals surface area contributed by atoms with E-state index in [-0.39, 0.29) is 6.03 Å². The van der Waals surface area contributed by atoms with Gasteiger partial charge in [-0.3, -0.25) is 15.6 Å². The number of urea groups is 1. The molecule has 2 aromatic carbocycles. The smallest absolute Gasteiger partial charge is 0.326 e. The number of anilines is 1. The maximum absolute atomic E-state index is 12.0. The Morgan fingerprint density at radius 2 is 1.60 bits per heavy atom. The molecule has 0 bridgehead atoms. The summed E-state index contributed by atoms with van der Waals surface area (Å²) < 4.78 is 2.03. The lowest BCUT2D eigenvalue weighted by atomic mass is 10.2. The zero-order valence-electron chi connectivity index (χ0n) is 14.2. The number of hydrogen-bond acceptors (Lipinski definition) is 1. The predicted molar refractivity (Wildman–Crippen MR) is 98.6 cm³/mol. The van der Waals surface area contributed by atoms with Crippen LogP contribution in [0.3, 0.4) is 0 Å². The molecule has 6 nitrogen and oxygen atoms in total. The first kappa shape index (κ1) is 17.0. The van der Waals surface area contributed by atoms with Gasteiger partial charge in [0.2, 0.25) is 0 Å². The molecule has 5 N–H and O–H groups in total. The van der Waals surface area contributed by atoms with Gasteiger partial charge in [-0.05, 0) is 12.1 Å². The van der Waals surface area contributed by atoms with Gasteiger partial charge in [0, 0.05) is 11.3 Å². The SMILES string of the molecule is NC(NC(=O)Nc1ccccc1)=[N+]1CC[NH+](Cc2ccccc2)CC1. The molecular formula is C19H25N5O+2. The zero-order valence-corrected chi connectivity index (χ0v) is 14.2. The molecule has 6 heteroatoms. The van der Waals surface area contributed by atoms with Crippen LogP contribution < -0.4 is 21.3 Å². The molecule has 1 fully saturated rings. The van der Waals surface area contributed by atoms with Crippen LogP contribution in [0.5, 0.6) is 0 Å². The highest BCUT2D eigenvalue weighted by Crippen LogP contribution is 2.03. The van der Waals surface area contributed by atoms with E-state index in [1.165, 1.54) is 10.5 Å². The van der Waals surface area contributed by atoms with Gasteiger partial charge in [-0.2, -0.15) is 5.32 Å². The lowest BCUT2D eigenvalue weighted by molar-refractivity contribution is -0.944. The number of nitrogens with one attached hydrogen (secondary N) is 3. The topological polar surface area (TPSA) is 74.6 Å². The molecule has 0 aliphatic carbocycles. The summed E-state index contributed by atoms with van der Waals surface area (Å²) >= 11 is 0. The molecule has 1 saturated heterocycles. The van der Waals surface area contributed by atoms with Crippen LogP contribution in [0.25, 0.3) is 0 Å². The summed E-state index contributed by atoms with van der Waals surface area (Å²) in [5.41, 5.74) is 8.15. The van der Waals surface area contributed by atoms with Crippen LogP contribution in [0.2, 0.25) is 0 Å². The minimum Gasteiger partial charge on any atom is -0.326 e. The molecule has 130 valence electrons. The Morgan fingerprint density at radius 3 is 2.24 bits per heavy atom. The van der Waals surface area contributed by atoms with E-state index < -0.39 is 0 Å². The summed E-state index contributed by atoms with van der Waals surface area (Å²) in [6.07, 6.45) is 0. The molecule has 0 radical (unpaired) electrons. The van der Waals surface area contributed by atoms with Gasteiger partial charge in [-0.1, -0.05) is 48.5 Å². The van der Waals surface area contributed by atoms with Crippen LogP contribution in [0, 0.1) is 0 Å². The van der Waals surface area contributed by atoms with Gasteiger partial charge in [0.15, 0.2) is 0 Å². The second-order valence-electron chi connectivity index (χ2n) is 6.23. The number of carbonyl (C=O) groups excluding carboxylic acids is 1. The molecule has 0 aromatic heterocycles. The van der Waals surface area contributed by atoms with Gasteiger partial charge in [0.1, 0.15) is 32.7 Å². The number of benzene rings is 2. The molecule has 3 rings (SSSR count). The first-order chi connectivity index (χ1) is 12.2. The van der Waals surface area contributed by atoms with Crippen LogP contribution in [0.15, 0.2) is 60.7 Å². The Bertz CT molecular complexity index is 720. The summed E-state index contributed by atoms with van der Waals surface area (Å²) in [6, 6.07) is 19.5. The molecule has 25 heavy (non-hydrogen) atoms. The minimum absolute atomic E-state index is 0.317. The number of amides is 2. The number of piperazine rings is 1. The zero-order chi connectivity index (χ0) is 17.5. The molecule has 1 aliphatic heterocycles. The molecule has 0 unspecified atom stereocenters. The van der Waals surface area contributed by atoms with Crippen molar-refractivity contribution in [2.24, 2.45) is 5.73 Å². The number of nitrogens with two attached hydrogens (primary N) is 1. The highest BCUT2D eigenvalue weighted by molar-refractivity contribution is 6.00. The standard InChI is InChI=1S/C19H23N5O/c20-18(22-19(25)21-17-9-5-2-6-10-17)24-13-11-23(12-14-24)15-16-7-3-1-4-8-16/h1-10H,11-15H2,(H3,20,21,22,25)/p+2. The van der Waals surface area contributed by atoms with E-state index >= 15 is 0 Å². The van der Waals surface area contributed by atoms with Gasteiger partial charge in [-0.25, -0.2) is 4.79 Å². The molecular weight excluding hydrogens is 314 g/mol. The van der Waals surface area contributed by atoms with Crippen molar-refractivity contribution >= 4 is 17.7 Å². The summed E-state index contributed by atoms with van der Waals surface area (Å²) in [7, 11) is 0. The van der Waals surface area contributed by atoms with Crippen molar-refractivity contribution < 1.29 is 14.3 Å². The van der Waals surface area contributed by atoms with Gasteiger partial charge < -0.3 is 4.90 Å². The highest BCUT2D eigenvalue weighted by atomic mass is 16.2.